The van der Waals surface area contributed by atoms with E-state index in [1.54, 1.807) is 13.0 Å². The molecule has 0 aliphatic heterocycles. The van der Waals surface area contributed by atoms with Gasteiger partial charge in [-0.15, -0.1) is 0 Å². The Balaban J connectivity index is 3.05. The van der Waals surface area contributed by atoms with Crippen LogP contribution in [0.25, 0.3) is 0 Å². The Morgan fingerprint density at radius 3 is 2.38 bits per heavy atom. The van der Waals surface area contributed by atoms with Crippen molar-refractivity contribution in [2.75, 3.05) is 0 Å². The van der Waals surface area contributed by atoms with E-state index in [1.807, 2.05) is 12.1 Å². The number of aromatic nitrogens is 1. The minimum absolute atomic E-state index is 0.249. The number of nitriles is 2. The highest BCUT2D eigenvalue weighted by molar-refractivity contribution is 6.29. The highest BCUT2D eigenvalue weighted by atomic mass is 35.5. The van der Waals surface area contributed by atoms with Gasteiger partial charge in [0.2, 0.25) is 0 Å². The van der Waals surface area contributed by atoms with Crippen LogP contribution in [0.4, 0.5) is 13.2 Å². The fourth-order valence-corrected chi connectivity index (χ4v) is 1.99. The fraction of sp³-hybridized carbons (Fsp3) is 0.357. The largest absolute Gasteiger partial charge is 0.301 e. The van der Waals surface area contributed by atoms with Crippen molar-refractivity contribution in [1.29, 1.82) is 10.5 Å². The van der Waals surface area contributed by atoms with Gasteiger partial charge in [0.1, 0.15) is 5.15 Å². The topological polar surface area (TPSA) is 60.5 Å². The quantitative estimate of drug-likeness (QED) is 0.738. The number of hydrogen-bond donors (Lipinski definition) is 0. The van der Waals surface area contributed by atoms with E-state index in [9.17, 15) is 23.7 Å². The summed E-state index contributed by atoms with van der Waals surface area (Å²) in [5.74, 6) is -2.24. The first-order valence-electron chi connectivity index (χ1n) is 6.00. The molecule has 7 heteroatoms. The van der Waals surface area contributed by atoms with E-state index in [2.05, 4.69) is 4.98 Å². The molecule has 1 rings (SSSR count). The van der Waals surface area contributed by atoms with Crippen molar-refractivity contribution in [3.05, 3.63) is 41.0 Å². The molecule has 1 atom stereocenters. The van der Waals surface area contributed by atoms with Gasteiger partial charge >= 0.3 is 6.08 Å². The zero-order valence-electron chi connectivity index (χ0n) is 11.1. The van der Waals surface area contributed by atoms with E-state index in [0.29, 0.717) is 5.56 Å². The molecule has 0 spiro atoms. The monoisotopic (exact) mass is 313 g/mol. The van der Waals surface area contributed by atoms with Crippen LogP contribution in [-0.2, 0) is 0 Å². The van der Waals surface area contributed by atoms with E-state index in [1.165, 1.54) is 12.3 Å². The van der Waals surface area contributed by atoms with E-state index >= 15 is 0 Å². The van der Waals surface area contributed by atoms with Gasteiger partial charge < -0.3 is 0 Å². The van der Waals surface area contributed by atoms with Crippen LogP contribution in [0.15, 0.2) is 30.2 Å². The Morgan fingerprint density at radius 1 is 1.33 bits per heavy atom. The fourth-order valence-electron chi connectivity index (χ4n) is 1.88. The van der Waals surface area contributed by atoms with E-state index in [0.717, 1.165) is 0 Å². The molecular formula is C14H11ClF3N3. The van der Waals surface area contributed by atoms with Gasteiger partial charge in [0.25, 0.3) is 0 Å². The SMILES string of the molecule is CC(c1ccc(Cl)nc1)C(C#N)(C#N)CCC(F)=C(F)F. The maximum Gasteiger partial charge on any atom is 0.301 e. The van der Waals surface area contributed by atoms with Crippen molar-refractivity contribution < 1.29 is 13.2 Å². The molecule has 0 saturated carbocycles. The number of nitrogens with zero attached hydrogens (tertiary/aromatic N) is 3. The van der Waals surface area contributed by atoms with Crippen molar-refractivity contribution in [3.63, 3.8) is 0 Å². The zero-order valence-corrected chi connectivity index (χ0v) is 11.8. The number of rotatable bonds is 5. The van der Waals surface area contributed by atoms with Gasteiger partial charge in [-0.05, 0) is 18.1 Å². The summed E-state index contributed by atoms with van der Waals surface area (Å²) < 4.78 is 37.1. The van der Waals surface area contributed by atoms with Gasteiger partial charge in [0, 0.05) is 18.5 Å². The maximum absolute atomic E-state index is 12.9. The molecule has 0 fully saturated rings. The van der Waals surface area contributed by atoms with Crippen molar-refractivity contribution in [3.8, 4) is 12.1 Å². The lowest BCUT2D eigenvalue weighted by atomic mass is 9.72. The van der Waals surface area contributed by atoms with Gasteiger partial charge in [-0.1, -0.05) is 24.6 Å². The second kappa shape index (κ2) is 7.10. The molecule has 1 aromatic heterocycles. The molecule has 0 bridgehead atoms. The first-order valence-corrected chi connectivity index (χ1v) is 6.37. The highest BCUT2D eigenvalue weighted by Crippen LogP contribution is 2.40. The van der Waals surface area contributed by atoms with Crippen LogP contribution in [0.1, 0.15) is 31.2 Å². The molecule has 1 unspecified atom stereocenters. The predicted octanol–water partition coefficient (Wildman–Crippen LogP) is 4.73. The summed E-state index contributed by atoms with van der Waals surface area (Å²) in [4.78, 5) is 3.85. The lowest BCUT2D eigenvalue weighted by molar-refractivity contribution is 0.342. The summed E-state index contributed by atoms with van der Waals surface area (Å²) >= 11 is 5.66. The lowest BCUT2D eigenvalue weighted by Crippen LogP contribution is -2.24. The Labute approximate surface area is 125 Å². The van der Waals surface area contributed by atoms with Crippen LogP contribution >= 0.6 is 11.6 Å². The van der Waals surface area contributed by atoms with Crippen molar-refractivity contribution >= 4 is 11.6 Å². The first kappa shape index (κ1) is 17.0. The molecule has 1 aromatic rings. The Hall–Kier alpha value is -2.05. The summed E-state index contributed by atoms with van der Waals surface area (Å²) in [5, 5.41) is 18.8. The van der Waals surface area contributed by atoms with Crippen LogP contribution in [0.2, 0.25) is 5.15 Å². The summed E-state index contributed by atoms with van der Waals surface area (Å²) in [7, 11) is 0. The van der Waals surface area contributed by atoms with Crippen LogP contribution in [0.3, 0.4) is 0 Å². The average molecular weight is 314 g/mol. The molecule has 21 heavy (non-hydrogen) atoms. The van der Waals surface area contributed by atoms with Crippen LogP contribution < -0.4 is 0 Å². The number of halogens is 4. The van der Waals surface area contributed by atoms with Gasteiger partial charge in [-0.3, -0.25) is 0 Å². The van der Waals surface area contributed by atoms with E-state index in [-0.39, 0.29) is 11.6 Å². The molecule has 0 N–H and O–H groups in total. The van der Waals surface area contributed by atoms with Crippen LogP contribution in [0, 0.1) is 28.1 Å². The van der Waals surface area contributed by atoms with Crippen molar-refractivity contribution in [1.82, 2.24) is 4.98 Å². The minimum Gasteiger partial charge on any atom is -0.244 e. The Bertz CT molecular complexity index is 596. The Kier molecular flexibility index (Phi) is 5.75. The lowest BCUT2D eigenvalue weighted by Gasteiger charge is -2.25. The van der Waals surface area contributed by atoms with E-state index in [4.69, 9.17) is 11.6 Å². The van der Waals surface area contributed by atoms with Crippen molar-refractivity contribution in [2.45, 2.75) is 25.7 Å². The third kappa shape index (κ3) is 3.96. The smallest absolute Gasteiger partial charge is 0.244 e. The molecule has 3 nitrogen and oxygen atoms in total. The van der Waals surface area contributed by atoms with Gasteiger partial charge in [-0.2, -0.15) is 19.3 Å². The molecule has 0 aliphatic rings. The average Bonchev–Trinajstić information content (AvgIpc) is 2.48. The minimum atomic E-state index is -2.43. The summed E-state index contributed by atoms with van der Waals surface area (Å²) in [6.07, 6.45) is -2.04. The molecule has 0 saturated heterocycles. The van der Waals surface area contributed by atoms with Crippen molar-refractivity contribution in [2.24, 2.45) is 5.41 Å². The molecular weight excluding hydrogens is 303 g/mol. The maximum atomic E-state index is 12.9. The van der Waals surface area contributed by atoms with Gasteiger partial charge in [0.05, 0.1) is 12.1 Å². The zero-order chi connectivity index (χ0) is 16.0. The Morgan fingerprint density at radius 2 is 1.95 bits per heavy atom. The summed E-state index contributed by atoms with van der Waals surface area (Å²) in [6.45, 7) is 1.59. The molecule has 110 valence electrons. The summed E-state index contributed by atoms with van der Waals surface area (Å²) in [6, 6.07) is 6.72. The first-order chi connectivity index (χ1) is 9.86. The van der Waals surface area contributed by atoms with Crippen LogP contribution in [0.5, 0.6) is 0 Å². The molecule has 1 heterocycles. The van der Waals surface area contributed by atoms with Crippen LogP contribution in [-0.4, -0.2) is 4.98 Å². The second-order valence-electron chi connectivity index (χ2n) is 4.50. The third-order valence-corrected chi connectivity index (χ3v) is 3.56. The normalized spacial score (nSPS) is 12.1. The second-order valence-corrected chi connectivity index (χ2v) is 4.88. The number of allylic oxidation sites excluding steroid dienone is 1. The molecule has 0 amide bonds. The molecule has 0 aromatic carbocycles. The standard InChI is InChI=1S/C14H11ClF3N3/c1-9(10-2-3-12(15)21-6-10)14(7-19,8-20)5-4-11(16)13(17)18/h2-3,6,9H,4-5H2,1H3. The predicted molar refractivity (Wildman–Crippen MR) is 70.9 cm³/mol. The number of hydrogen-bond acceptors (Lipinski definition) is 3. The third-order valence-electron chi connectivity index (χ3n) is 3.33. The van der Waals surface area contributed by atoms with E-state index < -0.39 is 29.7 Å². The van der Waals surface area contributed by atoms with Gasteiger partial charge in [0.15, 0.2) is 11.2 Å². The molecule has 0 aliphatic carbocycles. The molecule has 0 radical (unpaired) electrons. The highest BCUT2D eigenvalue weighted by Gasteiger charge is 2.38. The number of pyridine rings is 1. The van der Waals surface area contributed by atoms with Gasteiger partial charge in [-0.25, -0.2) is 9.37 Å². The summed E-state index contributed by atoms with van der Waals surface area (Å²) in [5.41, 5.74) is -1.07.